The highest BCUT2D eigenvalue weighted by Crippen LogP contribution is 2.35. The molecular formula is C15H19NO2. The van der Waals surface area contributed by atoms with E-state index in [1.165, 1.54) is 0 Å². The van der Waals surface area contributed by atoms with Crippen molar-refractivity contribution in [2.75, 3.05) is 0 Å². The summed E-state index contributed by atoms with van der Waals surface area (Å²) in [5.41, 5.74) is 4.29. The van der Waals surface area contributed by atoms with E-state index in [4.69, 9.17) is 0 Å². The highest BCUT2D eigenvalue weighted by atomic mass is 16.4. The maximum atomic E-state index is 11.5. The number of aliphatic carboxylic acids is 1. The Balaban J connectivity index is 2.87. The number of hydrogen-bond acceptors (Lipinski definition) is 1. The lowest BCUT2D eigenvalue weighted by Crippen LogP contribution is -2.29. The van der Waals surface area contributed by atoms with Gasteiger partial charge >= 0.3 is 5.97 Å². The maximum Gasteiger partial charge on any atom is 0.313 e. The van der Waals surface area contributed by atoms with Gasteiger partial charge in [0.15, 0.2) is 0 Å². The summed E-state index contributed by atoms with van der Waals surface area (Å²) < 4.78 is 0. The molecule has 0 unspecified atom stereocenters. The van der Waals surface area contributed by atoms with Crippen molar-refractivity contribution in [3.63, 3.8) is 0 Å². The smallest absolute Gasteiger partial charge is 0.313 e. The van der Waals surface area contributed by atoms with Crippen LogP contribution in [0.3, 0.4) is 0 Å². The van der Waals surface area contributed by atoms with Gasteiger partial charge in [-0.1, -0.05) is 11.6 Å². The molecule has 0 radical (unpaired) electrons. The number of carbonyl (C=O) groups is 1. The molecular weight excluding hydrogens is 226 g/mol. The van der Waals surface area contributed by atoms with Crippen molar-refractivity contribution < 1.29 is 9.90 Å². The van der Waals surface area contributed by atoms with Crippen LogP contribution in [-0.2, 0) is 10.2 Å². The molecule has 18 heavy (non-hydrogen) atoms. The molecule has 1 aromatic carbocycles. The van der Waals surface area contributed by atoms with Crippen LogP contribution in [0.5, 0.6) is 0 Å². The molecule has 0 saturated carbocycles. The Labute approximate surface area is 107 Å². The van der Waals surface area contributed by atoms with Crippen molar-refractivity contribution in [3.05, 3.63) is 34.5 Å². The summed E-state index contributed by atoms with van der Waals surface area (Å²) in [6, 6.07) is 4.17. The molecule has 0 aliphatic carbocycles. The summed E-state index contributed by atoms with van der Waals surface area (Å²) >= 11 is 0. The Bertz CT molecular complexity index is 635. The first-order valence-electron chi connectivity index (χ1n) is 6.08. The number of aryl methyl sites for hydroxylation is 3. The number of nitrogens with one attached hydrogen (secondary N) is 1. The van der Waals surface area contributed by atoms with Crippen molar-refractivity contribution in [2.24, 2.45) is 0 Å². The number of aromatic nitrogens is 1. The van der Waals surface area contributed by atoms with E-state index in [0.29, 0.717) is 0 Å². The maximum absolute atomic E-state index is 11.5. The largest absolute Gasteiger partial charge is 0.481 e. The summed E-state index contributed by atoms with van der Waals surface area (Å²) in [7, 11) is 0. The zero-order valence-electron chi connectivity index (χ0n) is 11.5. The molecule has 0 amide bonds. The second kappa shape index (κ2) is 3.87. The molecule has 0 aliphatic rings. The topological polar surface area (TPSA) is 53.1 Å². The number of rotatable bonds is 2. The third-order valence-corrected chi connectivity index (χ3v) is 3.60. The van der Waals surface area contributed by atoms with Crippen molar-refractivity contribution in [1.29, 1.82) is 0 Å². The van der Waals surface area contributed by atoms with E-state index in [9.17, 15) is 9.90 Å². The summed E-state index contributed by atoms with van der Waals surface area (Å²) in [4.78, 5) is 14.8. The third kappa shape index (κ3) is 1.70. The lowest BCUT2D eigenvalue weighted by atomic mass is 9.82. The Morgan fingerprint density at radius 2 is 1.83 bits per heavy atom. The second-order valence-electron chi connectivity index (χ2n) is 5.56. The molecule has 2 N–H and O–H groups in total. The Kier molecular flexibility index (Phi) is 2.73. The summed E-state index contributed by atoms with van der Waals surface area (Å²) in [6.07, 6.45) is 0. The fourth-order valence-electron chi connectivity index (χ4n) is 2.70. The molecule has 0 spiro atoms. The molecule has 0 bridgehead atoms. The van der Waals surface area contributed by atoms with Crippen LogP contribution in [0, 0.1) is 20.8 Å². The van der Waals surface area contributed by atoms with Crippen LogP contribution in [0.25, 0.3) is 10.9 Å². The van der Waals surface area contributed by atoms with Gasteiger partial charge < -0.3 is 10.1 Å². The minimum absolute atomic E-state index is 0.800. The molecule has 96 valence electrons. The zero-order valence-corrected chi connectivity index (χ0v) is 11.5. The molecule has 2 rings (SSSR count). The number of hydrogen-bond donors (Lipinski definition) is 2. The minimum Gasteiger partial charge on any atom is -0.481 e. The minimum atomic E-state index is -0.886. The summed E-state index contributed by atoms with van der Waals surface area (Å²) in [5.74, 6) is -0.800. The van der Waals surface area contributed by atoms with Crippen LogP contribution in [0.15, 0.2) is 12.1 Å². The zero-order chi connectivity index (χ0) is 13.7. The van der Waals surface area contributed by atoms with Gasteiger partial charge in [0.25, 0.3) is 0 Å². The predicted octanol–water partition coefficient (Wildman–Crippen LogP) is 3.46. The molecule has 3 heteroatoms. The van der Waals surface area contributed by atoms with Crippen molar-refractivity contribution in [1.82, 2.24) is 4.98 Å². The normalized spacial score (nSPS) is 12.1. The van der Waals surface area contributed by atoms with E-state index in [0.717, 1.165) is 33.3 Å². The van der Waals surface area contributed by atoms with E-state index in [-0.39, 0.29) is 0 Å². The standard InChI is InChI=1S/C15H19NO2/c1-8-6-9(2)13-11(7-8)12(10(3)16-13)15(4,5)14(17)18/h6-7,16H,1-5H3,(H,17,18). The third-order valence-electron chi connectivity index (χ3n) is 3.60. The number of fused-ring (bicyclic) bond motifs is 1. The fourth-order valence-corrected chi connectivity index (χ4v) is 2.70. The highest BCUT2D eigenvalue weighted by Gasteiger charge is 2.34. The van der Waals surface area contributed by atoms with Crippen LogP contribution in [-0.4, -0.2) is 16.1 Å². The Morgan fingerprint density at radius 1 is 1.22 bits per heavy atom. The van der Waals surface area contributed by atoms with Gasteiger partial charge in [0.05, 0.1) is 5.41 Å². The number of carboxylic acids is 1. The van der Waals surface area contributed by atoms with Gasteiger partial charge in [-0.15, -0.1) is 0 Å². The number of aromatic amines is 1. The van der Waals surface area contributed by atoms with Gasteiger partial charge in [0, 0.05) is 16.6 Å². The van der Waals surface area contributed by atoms with E-state index >= 15 is 0 Å². The van der Waals surface area contributed by atoms with Gasteiger partial charge in [-0.2, -0.15) is 0 Å². The van der Waals surface area contributed by atoms with Gasteiger partial charge in [0.2, 0.25) is 0 Å². The summed E-state index contributed by atoms with van der Waals surface area (Å²) in [5, 5.41) is 10.4. The van der Waals surface area contributed by atoms with Crippen LogP contribution in [0.2, 0.25) is 0 Å². The van der Waals surface area contributed by atoms with E-state index in [1.807, 2.05) is 20.8 Å². The molecule has 2 aromatic rings. The molecule has 0 atom stereocenters. The summed E-state index contributed by atoms with van der Waals surface area (Å²) in [6.45, 7) is 9.52. The molecule has 3 nitrogen and oxygen atoms in total. The fraction of sp³-hybridized carbons (Fsp3) is 0.400. The molecule has 0 saturated heterocycles. The average molecular weight is 245 g/mol. The van der Waals surface area contributed by atoms with Gasteiger partial charge in [-0.3, -0.25) is 4.79 Å². The van der Waals surface area contributed by atoms with Crippen LogP contribution in [0.1, 0.15) is 36.2 Å². The van der Waals surface area contributed by atoms with E-state index in [2.05, 4.69) is 17.1 Å². The van der Waals surface area contributed by atoms with E-state index in [1.54, 1.807) is 13.8 Å². The lowest BCUT2D eigenvalue weighted by Gasteiger charge is -2.20. The quantitative estimate of drug-likeness (QED) is 0.851. The average Bonchev–Trinajstić information content (AvgIpc) is 2.54. The Morgan fingerprint density at radius 3 is 2.39 bits per heavy atom. The van der Waals surface area contributed by atoms with Crippen LogP contribution in [0.4, 0.5) is 0 Å². The first-order valence-corrected chi connectivity index (χ1v) is 6.08. The first kappa shape index (κ1) is 12.7. The highest BCUT2D eigenvalue weighted by molar-refractivity contribution is 5.94. The number of carboxylic acid groups (broad SMARTS) is 1. The van der Waals surface area contributed by atoms with Gasteiger partial charge in [-0.05, 0) is 51.8 Å². The second-order valence-corrected chi connectivity index (χ2v) is 5.56. The van der Waals surface area contributed by atoms with Gasteiger partial charge in [-0.25, -0.2) is 0 Å². The van der Waals surface area contributed by atoms with Crippen molar-refractivity contribution in [3.8, 4) is 0 Å². The Hall–Kier alpha value is -1.77. The van der Waals surface area contributed by atoms with E-state index < -0.39 is 11.4 Å². The molecule has 0 aliphatic heterocycles. The monoisotopic (exact) mass is 245 g/mol. The number of H-pyrrole nitrogens is 1. The first-order chi connectivity index (χ1) is 8.25. The molecule has 1 aromatic heterocycles. The lowest BCUT2D eigenvalue weighted by molar-refractivity contribution is -0.142. The van der Waals surface area contributed by atoms with Gasteiger partial charge in [0.1, 0.15) is 0 Å². The van der Waals surface area contributed by atoms with Crippen LogP contribution >= 0.6 is 0 Å². The SMILES string of the molecule is Cc1cc(C)c2[nH]c(C)c(C(C)(C)C(=O)O)c2c1. The van der Waals surface area contributed by atoms with Crippen molar-refractivity contribution >= 4 is 16.9 Å². The van der Waals surface area contributed by atoms with Crippen LogP contribution < -0.4 is 0 Å². The number of benzene rings is 1. The molecule has 0 fully saturated rings. The molecule has 1 heterocycles. The van der Waals surface area contributed by atoms with Crippen molar-refractivity contribution in [2.45, 2.75) is 40.0 Å². The predicted molar refractivity (Wildman–Crippen MR) is 73.2 cm³/mol.